The van der Waals surface area contributed by atoms with Crippen LogP contribution >= 0.6 is 0 Å². The minimum atomic E-state index is -1.29. The van der Waals surface area contributed by atoms with E-state index in [-0.39, 0.29) is 24.3 Å². The van der Waals surface area contributed by atoms with E-state index in [1.807, 2.05) is 13.8 Å². The lowest BCUT2D eigenvalue weighted by Gasteiger charge is -2.31. The van der Waals surface area contributed by atoms with Crippen LogP contribution in [0.15, 0.2) is 48.5 Å². The first kappa shape index (κ1) is 29.1. The molecule has 3 atom stereocenters. The number of nitrogens with one attached hydrogen (secondary N) is 3. The van der Waals surface area contributed by atoms with Gasteiger partial charge >= 0.3 is 18.0 Å². The average Bonchev–Trinajstić information content (AvgIpc) is 3.27. The summed E-state index contributed by atoms with van der Waals surface area (Å²) in [7, 11) is 0. The Bertz CT molecular complexity index is 1250. The molecule has 0 saturated carbocycles. The second-order valence-electron chi connectivity index (χ2n) is 9.68. The van der Waals surface area contributed by atoms with Gasteiger partial charge in [-0.05, 0) is 36.1 Å². The minimum absolute atomic E-state index is 0.0443. The lowest BCUT2D eigenvalue weighted by atomic mass is 9.92. The molecule has 5 N–H and O–H groups in total. The lowest BCUT2D eigenvalue weighted by Crippen LogP contribution is -2.50. The fourth-order valence-electron chi connectivity index (χ4n) is 4.53. The van der Waals surface area contributed by atoms with Gasteiger partial charge in [-0.2, -0.15) is 0 Å². The number of amides is 4. The topological polar surface area (TPSA) is 165 Å². The van der Waals surface area contributed by atoms with Gasteiger partial charge in [0, 0.05) is 17.8 Å². The maximum Gasteiger partial charge on any atom is 0.319 e. The van der Waals surface area contributed by atoms with Crippen molar-refractivity contribution in [1.82, 2.24) is 15.5 Å². The van der Waals surface area contributed by atoms with Crippen LogP contribution in [0.1, 0.15) is 37.4 Å². The number of anilines is 1. The van der Waals surface area contributed by atoms with Gasteiger partial charge in [0.1, 0.15) is 11.9 Å². The van der Waals surface area contributed by atoms with Crippen molar-refractivity contribution in [3.8, 4) is 0 Å². The van der Waals surface area contributed by atoms with Crippen LogP contribution in [0.2, 0.25) is 0 Å². The number of likely N-dealkylation sites (tertiary alicyclic amines) is 1. The Morgan fingerprint density at radius 1 is 1.03 bits per heavy atom. The van der Waals surface area contributed by atoms with Gasteiger partial charge in [0.05, 0.1) is 24.9 Å². The predicted octanol–water partition coefficient (Wildman–Crippen LogP) is 2.39. The molecule has 1 aliphatic heterocycles. The van der Waals surface area contributed by atoms with Crippen molar-refractivity contribution in [1.29, 1.82) is 0 Å². The van der Waals surface area contributed by atoms with Crippen molar-refractivity contribution < 1.29 is 38.6 Å². The van der Waals surface area contributed by atoms with Crippen LogP contribution in [0.25, 0.3) is 0 Å². The largest absolute Gasteiger partial charge is 0.481 e. The van der Waals surface area contributed by atoms with Crippen LogP contribution in [-0.2, 0) is 25.6 Å². The highest BCUT2D eigenvalue weighted by atomic mass is 19.1. The Balaban J connectivity index is 1.82. The Morgan fingerprint density at radius 2 is 1.74 bits per heavy atom. The van der Waals surface area contributed by atoms with E-state index in [1.165, 1.54) is 30.3 Å². The van der Waals surface area contributed by atoms with Gasteiger partial charge in [0.25, 0.3) is 0 Å². The van der Waals surface area contributed by atoms with Crippen molar-refractivity contribution in [3.05, 3.63) is 65.5 Å². The van der Waals surface area contributed by atoms with Crippen molar-refractivity contribution in [2.75, 3.05) is 18.4 Å². The summed E-state index contributed by atoms with van der Waals surface area (Å²) in [5.74, 6) is -5.55. The Morgan fingerprint density at radius 3 is 2.38 bits per heavy atom. The molecule has 3 unspecified atom stereocenters. The summed E-state index contributed by atoms with van der Waals surface area (Å²) in [6, 6.07) is 8.36. The number of benzene rings is 2. The molecule has 1 fully saturated rings. The maximum atomic E-state index is 14.8. The van der Waals surface area contributed by atoms with E-state index >= 15 is 0 Å². The summed E-state index contributed by atoms with van der Waals surface area (Å²) in [4.78, 5) is 63.1. The standard InChI is InChI=1S/C27H31FN4O7/c1-15(2)13-29-25(36)21-12-19(26(37)38)24(18-8-3-4-9-20(18)28)32(21)22(33)14-30-27(39)31-17-7-5-6-16(10-17)11-23(34)35/h3-10,15,19,21,24H,11-14H2,1-2H3,(H,29,36)(H,34,35)(H,37,38)(H2,30,31,39). The first-order valence-electron chi connectivity index (χ1n) is 12.4. The van der Waals surface area contributed by atoms with Gasteiger partial charge in [0.15, 0.2) is 0 Å². The smallest absolute Gasteiger partial charge is 0.319 e. The van der Waals surface area contributed by atoms with Gasteiger partial charge in [-0.1, -0.05) is 44.2 Å². The average molecular weight is 543 g/mol. The highest BCUT2D eigenvalue weighted by Gasteiger charge is 2.51. The number of rotatable bonds is 10. The monoisotopic (exact) mass is 542 g/mol. The minimum Gasteiger partial charge on any atom is -0.481 e. The Kier molecular flexibility index (Phi) is 9.58. The SMILES string of the molecule is CC(C)CNC(=O)C1CC(C(=O)O)C(c2ccccc2F)N1C(=O)CNC(=O)Nc1cccc(CC(=O)O)c1. The fourth-order valence-corrected chi connectivity index (χ4v) is 4.53. The molecule has 1 saturated heterocycles. The molecule has 0 aromatic heterocycles. The first-order valence-corrected chi connectivity index (χ1v) is 12.4. The van der Waals surface area contributed by atoms with E-state index < -0.39 is 60.1 Å². The number of halogens is 1. The molecule has 4 amide bonds. The van der Waals surface area contributed by atoms with E-state index in [1.54, 1.807) is 12.1 Å². The number of aliphatic carboxylic acids is 2. The van der Waals surface area contributed by atoms with Gasteiger partial charge in [-0.15, -0.1) is 0 Å². The Hall–Kier alpha value is -4.48. The fraction of sp³-hybridized carbons (Fsp3) is 0.370. The van der Waals surface area contributed by atoms with Crippen LogP contribution < -0.4 is 16.0 Å². The van der Waals surface area contributed by atoms with Crippen molar-refractivity contribution >= 4 is 35.5 Å². The molecule has 1 heterocycles. The molecule has 0 aliphatic carbocycles. The molecule has 39 heavy (non-hydrogen) atoms. The van der Waals surface area contributed by atoms with Crippen molar-refractivity contribution in [3.63, 3.8) is 0 Å². The van der Waals surface area contributed by atoms with Gasteiger partial charge in [-0.3, -0.25) is 19.2 Å². The molecule has 0 spiro atoms. The molecular formula is C27H31FN4O7. The second kappa shape index (κ2) is 12.9. The molecule has 11 nitrogen and oxygen atoms in total. The van der Waals surface area contributed by atoms with E-state index in [9.17, 15) is 33.5 Å². The normalized spacial score (nSPS) is 18.5. The molecule has 0 radical (unpaired) electrons. The molecule has 0 bridgehead atoms. The number of carbonyl (C=O) groups excluding carboxylic acids is 3. The van der Waals surface area contributed by atoms with Crippen LogP contribution in [-0.4, -0.2) is 64.0 Å². The summed E-state index contributed by atoms with van der Waals surface area (Å²) in [6.07, 6.45) is -0.473. The summed E-state index contributed by atoms with van der Waals surface area (Å²) in [5, 5.41) is 26.4. The number of urea groups is 1. The molecular weight excluding hydrogens is 511 g/mol. The Labute approximate surface area is 224 Å². The number of hydrogen-bond acceptors (Lipinski definition) is 5. The third-order valence-corrected chi connectivity index (χ3v) is 6.25. The zero-order chi connectivity index (χ0) is 28.7. The van der Waals surface area contributed by atoms with E-state index in [2.05, 4.69) is 16.0 Å². The van der Waals surface area contributed by atoms with Crippen LogP contribution in [0.3, 0.4) is 0 Å². The van der Waals surface area contributed by atoms with E-state index in [0.717, 1.165) is 11.0 Å². The zero-order valence-electron chi connectivity index (χ0n) is 21.5. The number of hydrogen-bond donors (Lipinski definition) is 5. The second-order valence-corrected chi connectivity index (χ2v) is 9.68. The van der Waals surface area contributed by atoms with Crippen molar-refractivity contribution in [2.45, 2.75) is 38.8 Å². The molecule has 12 heteroatoms. The predicted molar refractivity (Wildman–Crippen MR) is 138 cm³/mol. The molecule has 3 rings (SSSR count). The quantitative estimate of drug-likeness (QED) is 0.307. The lowest BCUT2D eigenvalue weighted by molar-refractivity contribution is -0.144. The summed E-state index contributed by atoms with van der Waals surface area (Å²) in [6.45, 7) is 3.44. The summed E-state index contributed by atoms with van der Waals surface area (Å²) < 4.78 is 14.8. The van der Waals surface area contributed by atoms with Gasteiger partial charge in [-0.25, -0.2) is 9.18 Å². The summed E-state index contributed by atoms with van der Waals surface area (Å²) in [5.41, 5.74) is 0.703. The maximum absolute atomic E-state index is 14.8. The highest BCUT2D eigenvalue weighted by molar-refractivity contribution is 5.95. The van der Waals surface area contributed by atoms with Crippen LogP contribution in [0.5, 0.6) is 0 Å². The molecule has 1 aliphatic rings. The first-order chi connectivity index (χ1) is 18.5. The number of carboxylic acid groups (broad SMARTS) is 2. The van der Waals surface area contributed by atoms with Crippen LogP contribution in [0.4, 0.5) is 14.9 Å². The van der Waals surface area contributed by atoms with Gasteiger partial charge < -0.3 is 31.1 Å². The molecule has 208 valence electrons. The highest BCUT2D eigenvalue weighted by Crippen LogP contribution is 2.42. The van der Waals surface area contributed by atoms with Crippen molar-refractivity contribution in [2.24, 2.45) is 11.8 Å². The van der Waals surface area contributed by atoms with E-state index in [0.29, 0.717) is 17.8 Å². The summed E-state index contributed by atoms with van der Waals surface area (Å²) >= 11 is 0. The number of carbonyl (C=O) groups is 5. The zero-order valence-corrected chi connectivity index (χ0v) is 21.5. The molecule has 2 aromatic carbocycles. The third kappa shape index (κ3) is 7.53. The third-order valence-electron chi connectivity index (χ3n) is 6.25. The van der Waals surface area contributed by atoms with E-state index in [4.69, 9.17) is 5.11 Å². The molecule has 2 aromatic rings. The van der Waals surface area contributed by atoms with Crippen LogP contribution in [0, 0.1) is 17.7 Å². The number of nitrogens with zero attached hydrogens (tertiary/aromatic N) is 1. The number of carboxylic acids is 2. The van der Waals surface area contributed by atoms with Gasteiger partial charge in [0.2, 0.25) is 11.8 Å².